The molecule has 2 atom stereocenters. The van der Waals surface area contributed by atoms with Gasteiger partial charge in [0.2, 0.25) is 0 Å². The SMILES string of the molecule is CCOC(=O)C(NC(C)CO)c1ccccc1. The summed E-state index contributed by atoms with van der Waals surface area (Å²) in [5.74, 6) is -0.320. The Morgan fingerprint density at radius 1 is 1.41 bits per heavy atom. The third-order valence-electron chi connectivity index (χ3n) is 2.38. The normalized spacial score (nSPS) is 14.1. The lowest BCUT2D eigenvalue weighted by molar-refractivity contribution is -0.146. The lowest BCUT2D eigenvalue weighted by Gasteiger charge is -2.21. The average molecular weight is 237 g/mol. The van der Waals surface area contributed by atoms with Crippen LogP contribution in [0.15, 0.2) is 30.3 Å². The number of carbonyl (C=O) groups excluding carboxylic acids is 1. The summed E-state index contributed by atoms with van der Waals surface area (Å²) in [6.07, 6.45) is 0. The van der Waals surface area contributed by atoms with Gasteiger partial charge in [-0.1, -0.05) is 30.3 Å². The van der Waals surface area contributed by atoms with E-state index in [1.54, 1.807) is 6.92 Å². The molecule has 1 rings (SSSR count). The predicted octanol–water partition coefficient (Wildman–Crippen LogP) is 1.26. The molecule has 0 heterocycles. The largest absolute Gasteiger partial charge is 0.465 e. The van der Waals surface area contributed by atoms with E-state index in [4.69, 9.17) is 9.84 Å². The Balaban J connectivity index is 2.82. The molecular formula is C13H19NO3. The molecule has 94 valence electrons. The topological polar surface area (TPSA) is 58.6 Å². The van der Waals surface area contributed by atoms with Crippen molar-refractivity contribution in [2.45, 2.75) is 25.9 Å². The monoisotopic (exact) mass is 237 g/mol. The number of aliphatic hydroxyl groups excluding tert-OH is 1. The second-order valence-corrected chi connectivity index (χ2v) is 3.85. The molecule has 2 N–H and O–H groups in total. The first-order valence-electron chi connectivity index (χ1n) is 5.77. The van der Waals surface area contributed by atoms with E-state index in [2.05, 4.69) is 5.32 Å². The minimum absolute atomic E-state index is 0.0251. The highest BCUT2D eigenvalue weighted by Crippen LogP contribution is 2.15. The summed E-state index contributed by atoms with van der Waals surface area (Å²) in [7, 11) is 0. The number of nitrogens with one attached hydrogen (secondary N) is 1. The summed E-state index contributed by atoms with van der Waals surface area (Å²) in [6, 6.07) is 8.65. The molecule has 0 radical (unpaired) electrons. The van der Waals surface area contributed by atoms with Crippen LogP contribution in [0.25, 0.3) is 0 Å². The molecule has 4 nitrogen and oxygen atoms in total. The fourth-order valence-electron chi connectivity index (χ4n) is 1.51. The van der Waals surface area contributed by atoms with Gasteiger partial charge in [-0.15, -0.1) is 0 Å². The van der Waals surface area contributed by atoms with Gasteiger partial charge in [-0.3, -0.25) is 5.32 Å². The van der Waals surface area contributed by atoms with E-state index in [1.165, 1.54) is 0 Å². The number of esters is 1. The van der Waals surface area contributed by atoms with Crippen molar-refractivity contribution in [1.29, 1.82) is 0 Å². The Bertz CT molecular complexity index is 340. The van der Waals surface area contributed by atoms with Gasteiger partial charge in [0.15, 0.2) is 0 Å². The Labute approximate surface area is 102 Å². The van der Waals surface area contributed by atoms with E-state index in [0.717, 1.165) is 5.56 Å². The van der Waals surface area contributed by atoms with Crippen LogP contribution in [0.1, 0.15) is 25.5 Å². The minimum atomic E-state index is -0.529. The van der Waals surface area contributed by atoms with Crippen molar-refractivity contribution < 1.29 is 14.6 Å². The van der Waals surface area contributed by atoms with E-state index >= 15 is 0 Å². The fourth-order valence-corrected chi connectivity index (χ4v) is 1.51. The van der Waals surface area contributed by atoms with Gasteiger partial charge in [-0.25, -0.2) is 4.79 Å². The minimum Gasteiger partial charge on any atom is -0.465 e. The molecule has 0 fully saturated rings. The Morgan fingerprint density at radius 3 is 2.59 bits per heavy atom. The quantitative estimate of drug-likeness (QED) is 0.731. The van der Waals surface area contributed by atoms with Gasteiger partial charge in [0.1, 0.15) is 6.04 Å². The van der Waals surface area contributed by atoms with Crippen molar-refractivity contribution in [3.05, 3.63) is 35.9 Å². The highest BCUT2D eigenvalue weighted by atomic mass is 16.5. The molecule has 4 heteroatoms. The number of aliphatic hydroxyl groups is 1. The van der Waals surface area contributed by atoms with Crippen molar-refractivity contribution in [1.82, 2.24) is 5.32 Å². The second kappa shape index (κ2) is 7.04. The summed E-state index contributed by atoms with van der Waals surface area (Å²) in [5, 5.41) is 12.1. The lowest BCUT2D eigenvalue weighted by atomic mass is 10.1. The maximum atomic E-state index is 11.8. The molecule has 0 spiro atoms. The highest BCUT2D eigenvalue weighted by Gasteiger charge is 2.22. The molecule has 17 heavy (non-hydrogen) atoms. The number of hydrogen-bond donors (Lipinski definition) is 2. The lowest BCUT2D eigenvalue weighted by Crippen LogP contribution is -2.38. The molecule has 0 saturated carbocycles. The van der Waals surface area contributed by atoms with Crippen molar-refractivity contribution in [3.8, 4) is 0 Å². The van der Waals surface area contributed by atoms with Crippen LogP contribution >= 0.6 is 0 Å². The van der Waals surface area contributed by atoms with Gasteiger partial charge >= 0.3 is 5.97 Å². The standard InChI is InChI=1S/C13H19NO3/c1-3-17-13(16)12(14-10(2)9-15)11-7-5-4-6-8-11/h4-8,10,12,14-15H,3,9H2,1-2H3. The van der Waals surface area contributed by atoms with Gasteiger partial charge in [-0.05, 0) is 19.4 Å². The van der Waals surface area contributed by atoms with Crippen molar-refractivity contribution in [2.24, 2.45) is 0 Å². The molecule has 0 aliphatic heterocycles. The van der Waals surface area contributed by atoms with Gasteiger partial charge in [0.05, 0.1) is 13.2 Å². The number of carbonyl (C=O) groups is 1. The summed E-state index contributed by atoms with van der Waals surface area (Å²) in [6.45, 7) is 3.91. The third-order valence-corrected chi connectivity index (χ3v) is 2.38. The zero-order valence-electron chi connectivity index (χ0n) is 10.2. The molecule has 1 aromatic rings. The molecule has 0 bridgehead atoms. The third kappa shape index (κ3) is 4.17. The molecule has 0 aliphatic carbocycles. The van der Waals surface area contributed by atoms with E-state index in [9.17, 15) is 4.79 Å². The zero-order chi connectivity index (χ0) is 12.7. The van der Waals surface area contributed by atoms with Gasteiger partial charge in [0.25, 0.3) is 0 Å². The molecule has 0 saturated heterocycles. The second-order valence-electron chi connectivity index (χ2n) is 3.85. The molecule has 0 aromatic heterocycles. The molecule has 0 amide bonds. The van der Waals surface area contributed by atoms with Gasteiger partial charge < -0.3 is 9.84 Å². The van der Waals surface area contributed by atoms with Crippen LogP contribution in [0.5, 0.6) is 0 Å². The smallest absolute Gasteiger partial charge is 0.327 e. The maximum absolute atomic E-state index is 11.8. The Morgan fingerprint density at radius 2 is 2.06 bits per heavy atom. The van der Waals surface area contributed by atoms with Crippen LogP contribution < -0.4 is 5.32 Å². The van der Waals surface area contributed by atoms with Crippen LogP contribution in [-0.2, 0) is 9.53 Å². The van der Waals surface area contributed by atoms with Crippen molar-refractivity contribution in [2.75, 3.05) is 13.2 Å². The summed E-state index contributed by atoms with van der Waals surface area (Å²) >= 11 is 0. The number of ether oxygens (including phenoxy) is 1. The van der Waals surface area contributed by atoms with E-state index in [0.29, 0.717) is 6.61 Å². The van der Waals surface area contributed by atoms with Crippen LogP contribution in [0.3, 0.4) is 0 Å². The summed E-state index contributed by atoms with van der Waals surface area (Å²) < 4.78 is 5.02. The van der Waals surface area contributed by atoms with Crippen LogP contribution in [-0.4, -0.2) is 30.3 Å². The number of hydrogen-bond acceptors (Lipinski definition) is 4. The van der Waals surface area contributed by atoms with E-state index in [1.807, 2.05) is 37.3 Å². The van der Waals surface area contributed by atoms with Crippen LogP contribution in [0, 0.1) is 0 Å². The predicted molar refractivity (Wildman–Crippen MR) is 65.5 cm³/mol. The fraction of sp³-hybridized carbons (Fsp3) is 0.462. The first-order chi connectivity index (χ1) is 8.19. The van der Waals surface area contributed by atoms with Gasteiger partial charge in [0, 0.05) is 6.04 Å². The van der Waals surface area contributed by atoms with Gasteiger partial charge in [-0.2, -0.15) is 0 Å². The molecular weight excluding hydrogens is 218 g/mol. The van der Waals surface area contributed by atoms with Crippen molar-refractivity contribution >= 4 is 5.97 Å². The molecule has 2 unspecified atom stereocenters. The Kier molecular flexibility index (Phi) is 5.66. The van der Waals surface area contributed by atoms with E-state index < -0.39 is 6.04 Å². The zero-order valence-corrected chi connectivity index (χ0v) is 10.2. The molecule has 0 aliphatic rings. The summed E-state index contributed by atoms with van der Waals surface area (Å²) in [5.41, 5.74) is 0.839. The Hall–Kier alpha value is -1.39. The molecule has 1 aromatic carbocycles. The van der Waals surface area contributed by atoms with E-state index in [-0.39, 0.29) is 18.6 Å². The summed E-state index contributed by atoms with van der Waals surface area (Å²) in [4.78, 5) is 11.8. The number of benzene rings is 1. The highest BCUT2D eigenvalue weighted by molar-refractivity contribution is 5.77. The first kappa shape index (κ1) is 13.7. The van der Waals surface area contributed by atoms with Crippen LogP contribution in [0.2, 0.25) is 0 Å². The first-order valence-corrected chi connectivity index (χ1v) is 5.77. The number of rotatable bonds is 6. The maximum Gasteiger partial charge on any atom is 0.327 e. The van der Waals surface area contributed by atoms with Crippen LogP contribution in [0.4, 0.5) is 0 Å². The van der Waals surface area contributed by atoms with Crippen molar-refractivity contribution in [3.63, 3.8) is 0 Å². The average Bonchev–Trinajstić information content (AvgIpc) is 2.36.